The summed E-state index contributed by atoms with van der Waals surface area (Å²) in [5, 5.41) is 3.52. The van der Waals surface area contributed by atoms with Crippen molar-refractivity contribution in [2.45, 2.75) is 32.7 Å². The van der Waals surface area contributed by atoms with Crippen LogP contribution in [0.4, 0.5) is 4.39 Å². The first-order valence-corrected chi connectivity index (χ1v) is 7.10. The number of benzene rings is 1. The zero-order chi connectivity index (χ0) is 14.4. The molecule has 1 atom stereocenters. The number of aromatic nitrogens is 1. The van der Waals surface area contributed by atoms with Gasteiger partial charge in [-0.1, -0.05) is 25.1 Å². The molecule has 1 aromatic heterocycles. The molecule has 2 aromatic rings. The van der Waals surface area contributed by atoms with E-state index >= 15 is 0 Å². The van der Waals surface area contributed by atoms with Gasteiger partial charge in [-0.3, -0.25) is 4.98 Å². The van der Waals surface area contributed by atoms with Gasteiger partial charge in [0.1, 0.15) is 5.82 Å². The lowest BCUT2D eigenvalue weighted by Gasteiger charge is -2.19. The molecule has 1 heterocycles. The minimum atomic E-state index is -0.152. The molecule has 2 rings (SSSR count). The molecule has 3 heteroatoms. The molecule has 0 aliphatic rings. The van der Waals surface area contributed by atoms with Crippen LogP contribution in [0.3, 0.4) is 0 Å². The van der Waals surface area contributed by atoms with Gasteiger partial charge in [-0.15, -0.1) is 0 Å². The van der Waals surface area contributed by atoms with E-state index in [1.165, 1.54) is 0 Å². The van der Waals surface area contributed by atoms with Crippen LogP contribution in [0.1, 0.15) is 36.2 Å². The summed E-state index contributed by atoms with van der Waals surface area (Å²) >= 11 is 0. The molecule has 0 saturated carbocycles. The van der Waals surface area contributed by atoms with Gasteiger partial charge in [0.2, 0.25) is 0 Å². The molecule has 0 radical (unpaired) electrons. The van der Waals surface area contributed by atoms with Gasteiger partial charge in [-0.25, -0.2) is 4.39 Å². The van der Waals surface area contributed by atoms with Crippen molar-refractivity contribution < 1.29 is 4.39 Å². The molecular formula is C17H21FN2. The van der Waals surface area contributed by atoms with Crippen LogP contribution in [-0.2, 0) is 6.42 Å². The Balaban J connectivity index is 2.20. The summed E-state index contributed by atoms with van der Waals surface area (Å²) in [6.45, 7) is 4.88. The van der Waals surface area contributed by atoms with Gasteiger partial charge >= 0.3 is 0 Å². The number of pyridine rings is 1. The fraction of sp³-hybridized carbons (Fsp3) is 0.353. The van der Waals surface area contributed by atoms with Crippen molar-refractivity contribution in [1.29, 1.82) is 0 Å². The van der Waals surface area contributed by atoms with E-state index in [0.29, 0.717) is 5.56 Å². The van der Waals surface area contributed by atoms with Gasteiger partial charge < -0.3 is 5.32 Å². The van der Waals surface area contributed by atoms with Crippen molar-refractivity contribution in [3.05, 3.63) is 65.2 Å². The summed E-state index contributed by atoms with van der Waals surface area (Å²) in [5.41, 5.74) is 2.85. The lowest BCUT2D eigenvalue weighted by molar-refractivity contribution is 0.522. The molecule has 0 saturated heterocycles. The third-order valence-corrected chi connectivity index (χ3v) is 3.36. The predicted octanol–water partition coefficient (Wildman–Crippen LogP) is 3.81. The topological polar surface area (TPSA) is 24.9 Å². The Hall–Kier alpha value is -1.74. The van der Waals surface area contributed by atoms with Crippen molar-refractivity contribution in [3.8, 4) is 0 Å². The van der Waals surface area contributed by atoms with Crippen LogP contribution < -0.4 is 5.32 Å². The fourth-order valence-corrected chi connectivity index (χ4v) is 2.24. The van der Waals surface area contributed by atoms with E-state index < -0.39 is 0 Å². The molecule has 0 spiro atoms. The molecule has 0 amide bonds. The molecule has 1 N–H and O–H groups in total. The molecule has 1 aromatic carbocycles. The van der Waals surface area contributed by atoms with Crippen LogP contribution in [0.2, 0.25) is 0 Å². The van der Waals surface area contributed by atoms with Gasteiger partial charge in [0.05, 0.1) is 0 Å². The normalized spacial score (nSPS) is 12.3. The molecule has 0 fully saturated rings. The highest BCUT2D eigenvalue weighted by atomic mass is 19.1. The number of hydrogen-bond acceptors (Lipinski definition) is 2. The van der Waals surface area contributed by atoms with Crippen molar-refractivity contribution in [1.82, 2.24) is 10.3 Å². The lowest BCUT2D eigenvalue weighted by Crippen LogP contribution is -2.24. The largest absolute Gasteiger partial charge is 0.310 e. The van der Waals surface area contributed by atoms with Crippen molar-refractivity contribution in [2.75, 3.05) is 6.54 Å². The maximum atomic E-state index is 13.4. The van der Waals surface area contributed by atoms with E-state index in [1.807, 2.05) is 36.5 Å². The molecule has 0 bridgehead atoms. The minimum Gasteiger partial charge on any atom is -0.310 e. The second-order valence-electron chi connectivity index (χ2n) is 5.04. The summed E-state index contributed by atoms with van der Waals surface area (Å²) < 4.78 is 13.4. The highest BCUT2D eigenvalue weighted by Crippen LogP contribution is 2.20. The number of halogens is 1. The second-order valence-corrected chi connectivity index (χ2v) is 5.04. The molecule has 0 aliphatic heterocycles. The Labute approximate surface area is 120 Å². The van der Waals surface area contributed by atoms with Crippen LogP contribution in [0.25, 0.3) is 0 Å². The van der Waals surface area contributed by atoms with Gasteiger partial charge in [0.15, 0.2) is 0 Å². The van der Waals surface area contributed by atoms with E-state index in [-0.39, 0.29) is 11.9 Å². The van der Waals surface area contributed by atoms with Crippen LogP contribution in [0.15, 0.2) is 42.6 Å². The number of nitrogens with zero attached hydrogens (tertiary/aromatic N) is 1. The quantitative estimate of drug-likeness (QED) is 0.865. The predicted molar refractivity (Wildman–Crippen MR) is 80.1 cm³/mol. The summed E-state index contributed by atoms with van der Waals surface area (Å²) in [6.07, 6.45) is 3.69. The fourth-order valence-electron chi connectivity index (χ4n) is 2.24. The lowest BCUT2D eigenvalue weighted by atomic mass is 9.99. The SMILES string of the molecule is CCCNC(Cc1ccccn1)c1ccc(F)c(C)c1. The van der Waals surface area contributed by atoms with Crippen molar-refractivity contribution in [2.24, 2.45) is 0 Å². The molecule has 0 aliphatic carbocycles. The maximum absolute atomic E-state index is 13.4. The van der Waals surface area contributed by atoms with Crippen LogP contribution in [0.5, 0.6) is 0 Å². The molecule has 1 unspecified atom stereocenters. The Bertz CT molecular complexity index is 540. The summed E-state index contributed by atoms with van der Waals surface area (Å²) in [6, 6.07) is 11.4. The highest BCUT2D eigenvalue weighted by Gasteiger charge is 2.13. The molecule has 20 heavy (non-hydrogen) atoms. The second kappa shape index (κ2) is 7.15. The average Bonchev–Trinajstić information content (AvgIpc) is 2.47. The number of aryl methyl sites for hydroxylation is 1. The van der Waals surface area contributed by atoms with E-state index in [0.717, 1.165) is 30.6 Å². The van der Waals surface area contributed by atoms with E-state index in [2.05, 4.69) is 17.2 Å². The van der Waals surface area contributed by atoms with Crippen molar-refractivity contribution >= 4 is 0 Å². The highest BCUT2D eigenvalue weighted by molar-refractivity contribution is 5.27. The minimum absolute atomic E-state index is 0.152. The molecule has 2 nitrogen and oxygen atoms in total. The average molecular weight is 272 g/mol. The zero-order valence-electron chi connectivity index (χ0n) is 12.1. The standard InChI is InChI=1S/C17H21FN2/c1-3-9-20-17(12-15-6-4-5-10-19-15)14-7-8-16(18)13(2)11-14/h4-8,10-11,17,20H,3,9,12H2,1-2H3. The molecule has 106 valence electrons. The Morgan fingerprint density at radius 3 is 2.75 bits per heavy atom. The maximum Gasteiger partial charge on any atom is 0.126 e. The Kier molecular flexibility index (Phi) is 5.24. The van der Waals surface area contributed by atoms with E-state index in [9.17, 15) is 4.39 Å². The number of rotatable bonds is 6. The van der Waals surface area contributed by atoms with Crippen molar-refractivity contribution in [3.63, 3.8) is 0 Å². The first-order valence-electron chi connectivity index (χ1n) is 7.10. The Morgan fingerprint density at radius 2 is 2.10 bits per heavy atom. The smallest absolute Gasteiger partial charge is 0.126 e. The zero-order valence-corrected chi connectivity index (χ0v) is 12.1. The summed E-state index contributed by atoms with van der Waals surface area (Å²) in [4.78, 5) is 4.38. The first kappa shape index (κ1) is 14.7. The summed E-state index contributed by atoms with van der Waals surface area (Å²) in [5.74, 6) is -0.152. The van der Waals surface area contributed by atoms with E-state index in [1.54, 1.807) is 13.0 Å². The Morgan fingerprint density at radius 1 is 1.25 bits per heavy atom. The number of nitrogens with one attached hydrogen (secondary N) is 1. The van der Waals surface area contributed by atoms with Gasteiger partial charge in [-0.2, -0.15) is 0 Å². The van der Waals surface area contributed by atoms with Gasteiger partial charge in [0.25, 0.3) is 0 Å². The number of hydrogen-bond donors (Lipinski definition) is 1. The molecular weight excluding hydrogens is 251 g/mol. The third kappa shape index (κ3) is 3.87. The van der Waals surface area contributed by atoms with Crippen LogP contribution >= 0.6 is 0 Å². The van der Waals surface area contributed by atoms with Gasteiger partial charge in [-0.05, 0) is 49.2 Å². The van der Waals surface area contributed by atoms with Crippen LogP contribution in [0, 0.1) is 12.7 Å². The van der Waals surface area contributed by atoms with E-state index in [4.69, 9.17) is 0 Å². The monoisotopic (exact) mass is 272 g/mol. The van der Waals surface area contributed by atoms with Crippen LogP contribution in [-0.4, -0.2) is 11.5 Å². The third-order valence-electron chi connectivity index (χ3n) is 3.36. The van der Waals surface area contributed by atoms with Gasteiger partial charge in [0, 0.05) is 24.4 Å². The first-order chi connectivity index (χ1) is 9.70. The summed E-state index contributed by atoms with van der Waals surface area (Å²) in [7, 11) is 0.